The molecule has 6 aromatic rings. The van der Waals surface area contributed by atoms with Crippen molar-refractivity contribution in [3.8, 4) is 22.8 Å². The maximum atomic E-state index is 15.4. The predicted octanol–water partition coefficient (Wildman–Crippen LogP) is 6.36. The molecule has 1 aliphatic rings. The molecule has 3 aromatic carbocycles. The normalized spacial score (nSPS) is 14.8. The summed E-state index contributed by atoms with van der Waals surface area (Å²) >= 11 is 1.58. The van der Waals surface area contributed by atoms with Gasteiger partial charge in [0.1, 0.15) is 42.2 Å². The van der Waals surface area contributed by atoms with Crippen molar-refractivity contribution in [1.29, 1.82) is 0 Å². The molecule has 1 fully saturated rings. The van der Waals surface area contributed by atoms with Gasteiger partial charge in [-0.2, -0.15) is 0 Å². The number of likely N-dealkylation sites (tertiary alicyclic amines) is 1. The van der Waals surface area contributed by atoms with Crippen LogP contribution in [0.25, 0.3) is 22.3 Å². The van der Waals surface area contributed by atoms with E-state index in [9.17, 15) is 32.3 Å². The number of fused-ring (bicyclic) bond motifs is 1. The number of aliphatic hydroxyl groups excluding tert-OH is 1. The number of carbonyl (C=O) groups is 3. The summed E-state index contributed by atoms with van der Waals surface area (Å²) in [5.74, 6) is -3.73. The number of ether oxygens (including phenoxy) is 5. The highest BCUT2D eigenvalue weighted by Crippen LogP contribution is 2.30. The van der Waals surface area contributed by atoms with Gasteiger partial charge >= 0.3 is 0 Å². The van der Waals surface area contributed by atoms with Crippen LogP contribution in [0, 0.1) is 25.5 Å². The fraction of sp³-hybridized carbons (Fsp3) is 0.367. The smallest absolute Gasteiger partial charge is 0.255 e. The van der Waals surface area contributed by atoms with Gasteiger partial charge in [0.2, 0.25) is 21.7 Å². The number of sulfonamides is 1. The van der Waals surface area contributed by atoms with E-state index in [1.54, 1.807) is 43.4 Å². The number of amides is 2. The molecule has 2 amide bonds. The monoisotopic (exact) mass is 1000 g/mol. The minimum absolute atomic E-state index is 0.0310. The van der Waals surface area contributed by atoms with Gasteiger partial charge in [-0.15, -0.1) is 11.3 Å². The van der Waals surface area contributed by atoms with Crippen molar-refractivity contribution in [2.75, 3.05) is 69.9 Å². The van der Waals surface area contributed by atoms with Gasteiger partial charge in [0.05, 0.1) is 80.2 Å². The van der Waals surface area contributed by atoms with Crippen molar-refractivity contribution in [3.63, 3.8) is 0 Å². The number of hydrogen-bond acceptors (Lipinski definition) is 14. The SMILES string of the molecule is CCCS(=O)(=O)Nc1ccc(F)c(C(=O)c2c[nH]c3ncc(OCCOCCOCCOCCOc4cccc(C(=O)N5C[C@H](O)CC5C(=O)NCc5ccc(-c6ncsc6C)cc5)c4C)cc23)c1F. The van der Waals surface area contributed by atoms with E-state index in [4.69, 9.17) is 23.7 Å². The van der Waals surface area contributed by atoms with Gasteiger partial charge in [0.15, 0.2) is 5.82 Å². The van der Waals surface area contributed by atoms with E-state index in [0.29, 0.717) is 30.1 Å². The van der Waals surface area contributed by atoms with E-state index in [2.05, 4.69) is 25.0 Å². The molecule has 4 heterocycles. The van der Waals surface area contributed by atoms with E-state index in [-0.39, 0.29) is 105 Å². The second-order valence-electron chi connectivity index (χ2n) is 16.3. The molecule has 0 radical (unpaired) electrons. The fourth-order valence-electron chi connectivity index (χ4n) is 7.80. The molecule has 0 spiro atoms. The number of nitrogens with zero attached hydrogens (tertiary/aromatic N) is 3. The number of hydrogen-bond donors (Lipinski definition) is 4. The van der Waals surface area contributed by atoms with Gasteiger partial charge in [0, 0.05) is 58.2 Å². The van der Waals surface area contributed by atoms with E-state index < -0.39 is 50.8 Å². The van der Waals surface area contributed by atoms with Gasteiger partial charge in [-0.05, 0) is 56.2 Å². The van der Waals surface area contributed by atoms with Gasteiger partial charge in [-0.3, -0.25) is 19.1 Å². The molecule has 7 rings (SSSR count). The number of nitrogens with one attached hydrogen (secondary N) is 3. The lowest BCUT2D eigenvalue weighted by Gasteiger charge is -2.25. The van der Waals surface area contributed by atoms with Crippen molar-refractivity contribution in [2.24, 2.45) is 0 Å². The zero-order chi connectivity index (χ0) is 49.8. The Kier molecular flexibility index (Phi) is 17.6. The molecular weight excluding hydrogens is 951 g/mol. The summed E-state index contributed by atoms with van der Waals surface area (Å²) in [5, 5.41) is 13.7. The molecule has 4 N–H and O–H groups in total. The topological polar surface area (TPSA) is 221 Å². The number of pyridine rings is 1. The number of H-pyrrole nitrogens is 1. The van der Waals surface area contributed by atoms with E-state index in [0.717, 1.165) is 33.8 Å². The Bertz CT molecular complexity index is 2900. The molecule has 1 saturated heterocycles. The van der Waals surface area contributed by atoms with Crippen LogP contribution >= 0.6 is 11.3 Å². The van der Waals surface area contributed by atoms with Crippen LogP contribution in [0.5, 0.6) is 11.5 Å². The van der Waals surface area contributed by atoms with Crippen LogP contribution in [0.3, 0.4) is 0 Å². The predicted molar refractivity (Wildman–Crippen MR) is 258 cm³/mol. The average Bonchev–Trinajstić information content (AvgIpc) is 4.09. The zero-order valence-corrected chi connectivity index (χ0v) is 40.4. The number of benzene rings is 3. The van der Waals surface area contributed by atoms with Crippen LogP contribution in [-0.2, 0) is 35.6 Å². The minimum atomic E-state index is -3.91. The Morgan fingerprint density at radius 3 is 2.29 bits per heavy atom. The average molecular weight is 1010 g/mol. The number of thiazole rings is 1. The van der Waals surface area contributed by atoms with Gasteiger partial charge in [-0.1, -0.05) is 37.3 Å². The Morgan fingerprint density at radius 2 is 1.60 bits per heavy atom. The molecule has 0 bridgehead atoms. The van der Waals surface area contributed by atoms with E-state index >= 15 is 4.39 Å². The highest BCUT2D eigenvalue weighted by molar-refractivity contribution is 7.92. The lowest BCUT2D eigenvalue weighted by molar-refractivity contribution is -0.125. The van der Waals surface area contributed by atoms with Crippen LogP contribution in [0.2, 0.25) is 0 Å². The number of aromatic amines is 1. The highest BCUT2D eigenvalue weighted by atomic mass is 32.2. The Balaban J connectivity index is 0.777. The first kappa shape index (κ1) is 51.5. The number of ketones is 1. The number of rotatable bonds is 25. The maximum Gasteiger partial charge on any atom is 0.255 e. The van der Waals surface area contributed by atoms with Crippen molar-refractivity contribution in [2.45, 2.75) is 52.3 Å². The number of aromatic nitrogens is 3. The van der Waals surface area contributed by atoms with Gasteiger partial charge in [0.25, 0.3) is 5.91 Å². The largest absolute Gasteiger partial charge is 0.491 e. The van der Waals surface area contributed by atoms with Crippen molar-refractivity contribution >= 4 is 55.7 Å². The summed E-state index contributed by atoms with van der Waals surface area (Å²) in [6, 6.07) is 15.3. The molecular formula is C49H54F2N6O11S2. The van der Waals surface area contributed by atoms with Crippen LogP contribution in [0.15, 0.2) is 78.6 Å². The summed E-state index contributed by atoms with van der Waals surface area (Å²) < 4.78 is 85.2. The van der Waals surface area contributed by atoms with Crippen LogP contribution in [0.1, 0.15) is 62.0 Å². The highest BCUT2D eigenvalue weighted by Gasteiger charge is 2.39. The summed E-state index contributed by atoms with van der Waals surface area (Å²) in [7, 11) is -3.91. The molecule has 1 unspecified atom stereocenters. The molecule has 0 saturated carbocycles. The van der Waals surface area contributed by atoms with Gasteiger partial charge in [-0.25, -0.2) is 27.2 Å². The minimum Gasteiger partial charge on any atom is -0.491 e. The first-order valence-electron chi connectivity index (χ1n) is 22.6. The number of aryl methyl sites for hydroxylation is 1. The number of halogens is 2. The van der Waals surface area contributed by atoms with Crippen LogP contribution in [0.4, 0.5) is 14.5 Å². The second kappa shape index (κ2) is 24.0. The van der Waals surface area contributed by atoms with Gasteiger partial charge < -0.3 is 44.0 Å². The standard InChI is InChI=1S/C49H54F2N6O11S2/c1-4-22-70(62,63)56-40-13-12-39(50)43(44(40)51)46(59)38-27-53-47-37(38)24-35(26-52-47)67-20-18-65-16-14-64-15-17-66-19-21-68-42-7-5-6-36(30(42)2)49(61)57-28-34(58)23-41(57)48(60)54-25-32-8-10-33(11-9-32)45-31(3)69-29-55-45/h5-13,24,26-27,29,34,41,56,58H,4,14-23,25,28H2,1-3H3,(H,52,53)(H,54,60)/t34-,41?/m1/s1. The third-order valence-electron chi connectivity index (χ3n) is 11.3. The van der Waals surface area contributed by atoms with E-state index in [1.807, 2.05) is 36.7 Å². The van der Waals surface area contributed by atoms with Crippen molar-refractivity contribution < 1.29 is 60.4 Å². The summed E-state index contributed by atoms with van der Waals surface area (Å²) in [4.78, 5) is 54.5. The van der Waals surface area contributed by atoms with Crippen molar-refractivity contribution in [3.05, 3.63) is 123 Å². The molecule has 2 atom stereocenters. The lowest BCUT2D eigenvalue weighted by atomic mass is 10.0. The summed E-state index contributed by atoms with van der Waals surface area (Å²) in [6.45, 7) is 7.65. The number of aliphatic hydroxyl groups is 1. The molecule has 1 aliphatic heterocycles. The van der Waals surface area contributed by atoms with E-state index in [1.165, 1.54) is 23.4 Å². The van der Waals surface area contributed by atoms with Crippen molar-refractivity contribution in [1.82, 2.24) is 25.2 Å². The third-order valence-corrected chi connectivity index (χ3v) is 13.6. The lowest BCUT2D eigenvalue weighted by Crippen LogP contribution is -2.46. The first-order chi connectivity index (χ1) is 33.7. The fourth-order valence-corrected chi connectivity index (χ4v) is 9.53. The summed E-state index contributed by atoms with van der Waals surface area (Å²) in [5.41, 5.74) is 4.33. The Labute approximate surface area is 407 Å². The maximum absolute atomic E-state index is 15.4. The number of carbonyl (C=O) groups excluding carboxylic acids is 3. The first-order valence-corrected chi connectivity index (χ1v) is 25.1. The molecule has 3 aromatic heterocycles. The molecule has 70 heavy (non-hydrogen) atoms. The third kappa shape index (κ3) is 12.9. The van der Waals surface area contributed by atoms with Crippen LogP contribution < -0.4 is 19.5 Å². The zero-order valence-electron chi connectivity index (χ0n) is 38.8. The Morgan fingerprint density at radius 1 is 0.900 bits per heavy atom. The molecule has 0 aliphatic carbocycles. The summed E-state index contributed by atoms with van der Waals surface area (Å²) in [6.07, 6.45) is 2.25. The molecule has 21 heteroatoms. The number of anilines is 1. The second-order valence-corrected chi connectivity index (χ2v) is 19.2. The molecule has 17 nitrogen and oxygen atoms in total. The Hall–Kier alpha value is -6.36. The van der Waals surface area contributed by atoms with Crippen LogP contribution in [-0.4, -0.2) is 128 Å². The number of β-amino-alcohol motifs (C(OH)–C–C–N with tert-alkyl or cyclic N) is 1. The molecule has 372 valence electrons. The quantitative estimate of drug-likeness (QED) is 0.0363.